The molecule has 20 heavy (non-hydrogen) atoms. The zero-order valence-electron chi connectivity index (χ0n) is 12.1. The van der Waals surface area contributed by atoms with Crippen LogP contribution in [0.15, 0.2) is 18.2 Å². The Balaban J connectivity index is 2.63. The average molecular weight is 300 g/mol. The minimum absolute atomic E-state index is 0.0421. The van der Waals surface area contributed by atoms with Crippen molar-refractivity contribution in [3.63, 3.8) is 0 Å². The maximum atomic E-state index is 10.7. The molecule has 0 saturated heterocycles. The molecule has 0 saturated carbocycles. The summed E-state index contributed by atoms with van der Waals surface area (Å²) >= 11 is 0. The predicted octanol–water partition coefficient (Wildman–Crippen LogP) is 2.69. The Morgan fingerprint density at radius 2 is 2.10 bits per heavy atom. The number of nitrogen functional groups attached to an aromatic ring is 1. The first-order valence-electron chi connectivity index (χ1n) is 6.92. The molecule has 0 amide bonds. The number of nitrogens with one attached hydrogen (secondary N) is 1. The number of hydrogen-bond donors (Lipinski definition) is 3. The van der Waals surface area contributed by atoms with E-state index in [1.54, 1.807) is 0 Å². The van der Waals surface area contributed by atoms with Crippen LogP contribution in [0.25, 0.3) is 0 Å². The number of hydrogen-bond acceptors (Lipinski definition) is 4. The van der Waals surface area contributed by atoms with Crippen molar-refractivity contribution in [1.82, 2.24) is 0 Å². The van der Waals surface area contributed by atoms with Crippen molar-refractivity contribution < 1.29 is 13.0 Å². The molecular formula is C14H24N2O3S. The Kier molecular flexibility index (Phi) is 6.29. The minimum Gasteiger partial charge on any atom is -0.399 e. The Labute approximate surface area is 121 Å². The third-order valence-corrected chi connectivity index (χ3v) is 3.92. The third kappa shape index (κ3) is 6.25. The van der Waals surface area contributed by atoms with Crippen LogP contribution in [-0.2, 0) is 16.5 Å². The van der Waals surface area contributed by atoms with E-state index in [9.17, 15) is 8.42 Å². The second-order valence-electron chi connectivity index (χ2n) is 5.14. The monoisotopic (exact) mass is 300 g/mol. The summed E-state index contributed by atoms with van der Waals surface area (Å²) in [6.07, 6.45) is 3.50. The van der Waals surface area contributed by atoms with Crippen LogP contribution in [0.5, 0.6) is 0 Å². The molecular weight excluding hydrogens is 276 g/mol. The van der Waals surface area contributed by atoms with Crippen LogP contribution in [0.4, 0.5) is 11.4 Å². The minimum atomic E-state index is -3.90. The van der Waals surface area contributed by atoms with E-state index in [-0.39, 0.29) is 11.8 Å². The van der Waals surface area contributed by atoms with Gasteiger partial charge in [0.2, 0.25) is 0 Å². The van der Waals surface area contributed by atoms with Crippen LogP contribution in [-0.4, -0.2) is 24.8 Å². The van der Waals surface area contributed by atoms with Gasteiger partial charge in [-0.1, -0.05) is 13.3 Å². The van der Waals surface area contributed by atoms with E-state index < -0.39 is 10.1 Å². The molecule has 0 aliphatic rings. The maximum Gasteiger partial charge on any atom is 0.264 e. The molecule has 0 radical (unpaired) electrons. The SMILES string of the molecule is CCCCc1cc(NC(C)CCS(=O)(=O)O)ccc1N. The molecule has 114 valence electrons. The van der Waals surface area contributed by atoms with Crippen LogP contribution in [0.2, 0.25) is 0 Å². The summed E-state index contributed by atoms with van der Waals surface area (Å²) < 4.78 is 30.2. The van der Waals surface area contributed by atoms with Gasteiger partial charge in [-0.05, 0) is 49.9 Å². The van der Waals surface area contributed by atoms with E-state index in [4.69, 9.17) is 10.3 Å². The van der Waals surface area contributed by atoms with Gasteiger partial charge in [-0.25, -0.2) is 0 Å². The largest absolute Gasteiger partial charge is 0.399 e. The van der Waals surface area contributed by atoms with E-state index >= 15 is 0 Å². The summed E-state index contributed by atoms with van der Waals surface area (Å²) in [6.45, 7) is 4.02. The molecule has 0 spiro atoms. The fourth-order valence-corrected chi connectivity index (χ4v) is 2.61. The molecule has 0 aliphatic carbocycles. The Morgan fingerprint density at radius 3 is 2.70 bits per heavy atom. The fraction of sp³-hybridized carbons (Fsp3) is 0.571. The first-order valence-corrected chi connectivity index (χ1v) is 8.53. The highest BCUT2D eigenvalue weighted by molar-refractivity contribution is 7.85. The quantitative estimate of drug-likeness (QED) is 0.507. The standard InChI is InChI=1S/C14H24N2O3S/c1-3-4-5-12-10-13(6-7-14(12)15)16-11(2)8-9-20(17,18)19/h6-7,10-11,16H,3-5,8-9,15H2,1-2H3,(H,17,18,19). The topological polar surface area (TPSA) is 92.4 Å². The Morgan fingerprint density at radius 1 is 1.40 bits per heavy atom. The lowest BCUT2D eigenvalue weighted by atomic mass is 10.1. The van der Waals surface area contributed by atoms with Crippen LogP contribution in [0.1, 0.15) is 38.7 Å². The molecule has 0 heterocycles. The molecule has 5 nitrogen and oxygen atoms in total. The van der Waals surface area contributed by atoms with E-state index in [1.807, 2.05) is 25.1 Å². The first-order chi connectivity index (χ1) is 9.31. The molecule has 1 unspecified atom stereocenters. The predicted molar refractivity (Wildman–Crippen MR) is 83.6 cm³/mol. The van der Waals surface area contributed by atoms with Gasteiger partial charge >= 0.3 is 0 Å². The van der Waals surface area contributed by atoms with E-state index in [0.29, 0.717) is 6.42 Å². The molecule has 0 aliphatic heterocycles. The number of unbranched alkanes of at least 4 members (excludes halogenated alkanes) is 1. The van der Waals surface area contributed by atoms with E-state index in [0.717, 1.165) is 36.2 Å². The van der Waals surface area contributed by atoms with Crippen molar-refractivity contribution in [2.24, 2.45) is 0 Å². The highest BCUT2D eigenvalue weighted by Gasteiger charge is 2.10. The van der Waals surface area contributed by atoms with Crippen LogP contribution in [0.3, 0.4) is 0 Å². The number of aryl methyl sites for hydroxylation is 1. The van der Waals surface area contributed by atoms with Crippen LogP contribution >= 0.6 is 0 Å². The fourth-order valence-electron chi connectivity index (χ4n) is 1.96. The van der Waals surface area contributed by atoms with Crippen molar-refractivity contribution in [1.29, 1.82) is 0 Å². The third-order valence-electron chi connectivity index (χ3n) is 3.16. The van der Waals surface area contributed by atoms with Crippen molar-refractivity contribution in [3.8, 4) is 0 Å². The first kappa shape index (κ1) is 16.8. The molecule has 0 fully saturated rings. The lowest BCUT2D eigenvalue weighted by molar-refractivity contribution is 0.479. The smallest absolute Gasteiger partial charge is 0.264 e. The van der Waals surface area contributed by atoms with Gasteiger partial charge in [-0.15, -0.1) is 0 Å². The Bertz CT molecular complexity index is 529. The summed E-state index contributed by atoms with van der Waals surface area (Å²) in [5, 5.41) is 3.23. The van der Waals surface area contributed by atoms with Crippen molar-refractivity contribution in [2.75, 3.05) is 16.8 Å². The lowest BCUT2D eigenvalue weighted by Crippen LogP contribution is -2.19. The zero-order chi connectivity index (χ0) is 15.2. The molecule has 1 atom stereocenters. The van der Waals surface area contributed by atoms with Crippen LogP contribution < -0.4 is 11.1 Å². The van der Waals surface area contributed by atoms with Crippen molar-refractivity contribution in [2.45, 2.75) is 45.6 Å². The molecule has 1 rings (SSSR count). The second kappa shape index (κ2) is 7.50. The van der Waals surface area contributed by atoms with Gasteiger partial charge in [0.1, 0.15) is 0 Å². The average Bonchev–Trinajstić information content (AvgIpc) is 2.36. The molecule has 1 aromatic carbocycles. The summed E-state index contributed by atoms with van der Waals surface area (Å²) in [5.41, 5.74) is 8.76. The summed E-state index contributed by atoms with van der Waals surface area (Å²) in [5.74, 6) is -0.237. The number of anilines is 2. The molecule has 4 N–H and O–H groups in total. The summed E-state index contributed by atoms with van der Waals surface area (Å²) in [7, 11) is -3.90. The van der Waals surface area contributed by atoms with Gasteiger partial charge < -0.3 is 11.1 Å². The summed E-state index contributed by atoms with van der Waals surface area (Å²) in [4.78, 5) is 0. The molecule has 0 aromatic heterocycles. The highest BCUT2D eigenvalue weighted by Crippen LogP contribution is 2.21. The van der Waals surface area contributed by atoms with Gasteiger partial charge in [0.05, 0.1) is 5.75 Å². The molecule has 0 bridgehead atoms. The maximum absolute atomic E-state index is 10.7. The number of benzene rings is 1. The van der Waals surface area contributed by atoms with Gasteiger partial charge in [0.15, 0.2) is 0 Å². The summed E-state index contributed by atoms with van der Waals surface area (Å²) in [6, 6.07) is 5.71. The number of rotatable bonds is 8. The van der Waals surface area contributed by atoms with Crippen LogP contribution in [0, 0.1) is 0 Å². The van der Waals surface area contributed by atoms with Gasteiger partial charge in [-0.2, -0.15) is 8.42 Å². The van der Waals surface area contributed by atoms with Gasteiger partial charge in [-0.3, -0.25) is 4.55 Å². The molecule has 6 heteroatoms. The number of nitrogens with two attached hydrogens (primary N) is 1. The van der Waals surface area contributed by atoms with E-state index in [1.165, 1.54) is 0 Å². The van der Waals surface area contributed by atoms with Crippen molar-refractivity contribution in [3.05, 3.63) is 23.8 Å². The van der Waals surface area contributed by atoms with E-state index in [2.05, 4.69) is 12.2 Å². The zero-order valence-corrected chi connectivity index (χ0v) is 12.9. The second-order valence-corrected chi connectivity index (χ2v) is 6.71. The molecule has 1 aromatic rings. The van der Waals surface area contributed by atoms with Gasteiger partial charge in [0, 0.05) is 17.4 Å². The van der Waals surface area contributed by atoms with Gasteiger partial charge in [0.25, 0.3) is 10.1 Å². The Hall–Kier alpha value is -1.27. The highest BCUT2D eigenvalue weighted by atomic mass is 32.2. The normalized spacial score (nSPS) is 13.2. The lowest BCUT2D eigenvalue weighted by Gasteiger charge is -2.16. The van der Waals surface area contributed by atoms with Crippen molar-refractivity contribution >= 4 is 21.5 Å².